The molecule has 3 nitrogen and oxygen atoms in total. The van der Waals surface area contributed by atoms with E-state index < -0.39 is 0 Å². The quantitative estimate of drug-likeness (QED) is 0.236. The van der Waals surface area contributed by atoms with Crippen molar-refractivity contribution in [3.63, 3.8) is 0 Å². The Hall–Kier alpha value is -1.66. The van der Waals surface area contributed by atoms with Gasteiger partial charge in [0.2, 0.25) is 0 Å². The van der Waals surface area contributed by atoms with Crippen LogP contribution in [-0.2, 0) is 14.2 Å². The zero-order chi connectivity index (χ0) is 25.9. The largest absolute Gasteiger partial charge is 3.00 e. The first kappa shape index (κ1) is 35.3. The third-order valence-corrected chi connectivity index (χ3v) is 5.01. The van der Waals surface area contributed by atoms with Gasteiger partial charge in [-0.25, -0.2) is 0 Å². The van der Waals surface area contributed by atoms with Crippen molar-refractivity contribution in [3.05, 3.63) is 128 Å². The molecule has 3 aliphatic rings. The van der Waals surface area contributed by atoms with Crippen molar-refractivity contribution in [2.24, 2.45) is 0 Å². The van der Waals surface area contributed by atoms with Crippen LogP contribution in [0.5, 0.6) is 0 Å². The summed E-state index contributed by atoms with van der Waals surface area (Å²) >= 11 is 0. The third-order valence-electron chi connectivity index (χ3n) is 5.01. The van der Waals surface area contributed by atoms with Crippen LogP contribution in [0.15, 0.2) is 91.0 Å². The SMILES string of the molecule is C1CCOC1.C1CCOC1.C1CCOC1.[CH2-]c1ccccc1.[CH2-]c1ccccc1.[CH2-]c1ccccc1.[La+3]. The van der Waals surface area contributed by atoms with Crippen molar-refractivity contribution in [1.29, 1.82) is 0 Å². The maximum absolute atomic E-state index is 4.94. The second-order valence-corrected chi connectivity index (χ2v) is 8.42. The molecule has 3 aromatic carbocycles. The number of benzene rings is 3. The Morgan fingerprint density at radius 1 is 0.351 bits per heavy atom. The molecule has 0 bridgehead atoms. The number of ether oxygens (including phenoxy) is 3. The summed E-state index contributed by atoms with van der Waals surface area (Å²) in [4.78, 5) is 0. The van der Waals surface area contributed by atoms with Crippen LogP contribution in [-0.4, -0.2) is 39.6 Å². The van der Waals surface area contributed by atoms with Crippen molar-refractivity contribution in [3.8, 4) is 0 Å². The Balaban J connectivity index is 0.000000421. The van der Waals surface area contributed by atoms with Gasteiger partial charge < -0.3 is 14.2 Å². The van der Waals surface area contributed by atoms with Crippen molar-refractivity contribution in [2.75, 3.05) is 39.6 Å². The molecular formula is C33H45LaO3. The average Bonchev–Trinajstić information content (AvgIpc) is 3.73. The predicted octanol–water partition coefficient (Wildman–Crippen LogP) is 8.00. The van der Waals surface area contributed by atoms with E-state index in [2.05, 4.69) is 20.8 Å². The first-order valence-electron chi connectivity index (χ1n) is 13.0. The molecule has 0 radical (unpaired) electrons. The van der Waals surface area contributed by atoms with E-state index in [9.17, 15) is 0 Å². The molecule has 0 amide bonds. The van der Waals surface area contributed by atoms with E-state index in [4.69, 9.17) is 14.2 Å². The summed E-state index contributed by atoms with van der Waals surface area (Å²) in [7, 11) is 0. The molecule has 3 fully saturated rings. The average molecular weight is 629 g/mol. The maximum Gasteiger partial charge on any atom is 3.00 e. The normalized spacial score (nSPS) is 14.6. The van der Waals surface area contributed by atoms with Gasteiger partial charge >= 0.3 is 35.6 Å². The Kier molecular flexibility index (Phi) is 26.2. The van der Waals surface area contributed by atoms with Crippen LogP contribution < -0.4 is 0 Å². The van der Waals surface area contributed by atoms with E-state index in [1.807, 2.05) is 91.0 Å². The van der Waals surface area contributed by atoms with E-state index in [1.54, 1.807) is 0 Å². The van der Waals surface area contributed by atoms with Crippen molar-refractivity contribution >= 4 is 0 Å². The Bertz CT molecular complexity index is 665. The second kappa shape index (κ2) is 27.4. The van der Waals surface area contributed by atoms with Gasteiger partial charge in [-0.05, 0) is 38.5 Å². The molecule has 198 valence electrons. The van der Waals surface area contributed by atoms with E-state index >= 15 is 0 Å². The first-order valence-corrected chi connectivity index (χ1v) is 13.0. The van der Waals surface area contributed by atoms with Crippen molar-refractivity contribution in [2.45, 2.75) is 38.5 Å². The standard InChI is InChI=1S/3C7H7.3C4H8O.La/c3*1-7-5-3-2-4-6-7;3*1-2-4-5-3-1;/h3*2-6H,1H2;3*1-4H2;/q3*-1;;;;+3. The summed E-state index contributed by atoms with van der Waals surface area (Å²) in [6, 6.07) is 29.6. The van der Waals surface area contributed by atoms with Crippen LogP contribution in [0.4, 0.5) is 0 Å². The van der Waals surface area contributed by atoms with Gasteiger partial charge in [0.1, 0.15) is 0 Å². The van der Waals surface area contributed by atoms with Crippen LogP contribution in [0.25, 0.3) is 0 Å². The Morgan fingerprint density at radius 2 is 0.541 bits per heavy atom. The van der Waals surface area contributed by atoms with Gasteiger partial charge in [0.05, 0.1) is 0 Å². The zero-order valence-corrected chi connectivity index (χ0v) is 26.2. The molecule has 37 heavy (non-hydrogen) atoms. The monoisotopic (exact) mass is 628 g/mol. The fourth-order valence-corrected chi connectivity index (χ4v) is 2.96. The molecule has 3 saturated heterocycles. The summed E-state index contributed by atoms with van der Waals surface area (Å²) in [5, 5.41) is 0. The summed E-state index contributed by atoms with van der Waals surface area (Å²) in [5.74, 6) is 0. The minimum atomic E-state index is 0. The van der Waals surface area contributed by atoms with Gasteiger partial charge in [0, 0.05) is 39.6 Å². The van der Waals surface area contributed by atoms with Gasteiger partial charge in [-0.1, -0.05) is 18.2 Å². The van der Waals surface area contributed by atoms with Crippen LogP contribution >= 0.6 is 0 Å². The molecule has 3 heterocycles. The summed E-state index contributed by atoms with van der Waals surface area (Å²) < 4.78 is 14.8. The molecule has 0 N–H and O–H groups in total. The third kappa shape index (κ3) is 25.8. The molecule has 0 unspecified atom stereocenters. The van der Waals surface area contributed by atoms with Crippen molar-refractivity contribution < 1.29 is 49.8 Å². The number of hydrogen-bond acceptors (Lipinski definition) is 3. The van der Waals surface area contributed by atoms with Crippen LogP contribution in [0, 0.1) is 56.4 Å². The van der Waals surface area contributed by atoms with E-state index in [0.29, 0.717) is 0 Å². The smallest absolute Gasteiger partial charge is 0.381 e. The van der Waals surface area contributed by atoms with Crippen LogP contribution in [0.1, 0.15) is 55.2 Å². The van der Waals surface area contributed by atoms with Gasteiger partial charge in [-0.3, -0.25) is 0 Å². The number of hydrogen-bond donors (Lipinski definition) is 0. The minimum absolute atomic E-state index is 0. The minimum Gasteiger partial charge on any atom is -0.381 e. The molecule has 0 spiro atoms. The number of rotatable bonds is 0. The zero-order valence-electron chi connectivity index (χ0n) is 22.6. The molecule has 0 aromatic heterocycles. The van der Waals surface area contributed by atoms with Crippen molar-refractivity contribution in [1.82, 2.24) is 0 Å². The molecule has 3 aromatic rings. The molecule has 0 saturated carbocycles. The fraction of sp³-hybridized carbons (Fsp3) is 0.364. The Labute approximate surface area is 254 Å². The van der Waals surface area contributed by atoms with E-state index in [0.717, 1.165) is 56.3 Å². The topological polar surface area (TPSA) is 27.7 Å². The summed E-state index contributed by atoms with van der Waals surface area (Å²) in [5.41, 5.74) is 3.22. The fourth-order valence-electron chi connectivity index (χ4n) is 2.96. The van der Waals surface area contributed by atoms with Crippen LogP contribution in [0.3, 0.4) is 0 Å². The molecule has 0 aliphatic carbocycles. The maximum atomic E-state index is 4.94. The van der Waals surface area contributed by atoms with E-state index in [-0.39, 0.29) is 35.6 Å². The first-order chi connectivity index (χ1) is 17.7. The molecule has 0 atom stereocenters. The van der Waals surface area contributed by atoms with Gasteiger partial charge in [0.25, 0.3) is 0 Å². The Morgan fingerprint density at radius 3 is 0.622 bits per heavy atom. The molecule has 4 heteroatoms. The van der Waals surface area contributed by atoms with Crippen LogP contribution in [0.2, 0.25) is 0 Å². The second-order valence-electron chi connectivity index (χ2n) is 8.42. The molecule has 3 aliphatic heterocycles. The predicted molar refractivity (Wildman–Crippen MR) is 153 cm³/mol. The summed E-state index contributed by atoms with van der Waals surface area (Å²) in [6.45, 7) is 17.2. The molecular weight excluding hydrogens is 583 g/mol. The van der Waals surface area contributed by atoms with Gasteiger partial charge in [-0.15, -0.1) is 36.4 Å². The molecule has 6 rings (SSSR count). The van der Waals surface area contributed by atoms with E-state index in [1.165, 1.54) is 38.5 Å². The summed E-state index contributed by atoms with van der Waals surface area (Å²) in [6.07, 6.45) is 7.67. The van der Waals surface area contributed by atoms with Gasteiger partial charge in [0.15, 0.2) is 0 Å². The van der Waals surface area contributed by atoms with Gasteiger partial charge in [-0.2, -0.15) is 73.9 Å².